The number of rotatable bonds is 3. The van der Waals surface area contributed by atoms with Gasteiger partial charge in [-0.05, 0) is 6.92 Å². The number of nitrogen functional groups attached to an aromatic ring is 1. The Labute approximate surface area is 76.6 Å². The van der Waals surface area contributed by atoms with Gasteiger partial charge in [0.1, 0.15) is 0 Å². The van der Waals surface area contributed by atoms with Crippen molar-refractivity contribution in [1.82, 2.24) is 9.97 Å². The molecule has 3 N–H and O–H groups in total. The molecular weight excluding hydrogens is 170 g/mol. The Hall–Kier alpha value is -1.36. The van der Waals surface area contributed by atoms with E-state index in [9.17, 15) is 5.11 Å². The van der Waals surface area contributed by atoms with Gasteiger partial charge < -0.3 is 15.6 Å². The van der Waals surface area contributed by atoms with Crippen molar-refractivity contribution >= 4 is 5.95 Å². The highest BCUT2D eigenvalue weighted by atomic mass is 16.5. The Morgan fingerprint density at radius 1 is 1.46 bits per heavy atom. The Morgan fingerprint density at radius 2 is 2.15 bits per heavy atom. The zero-order chi connectivity index (χ0) is 9.84. The van der Waals surface area contributed by atoms with Crippen molar-refractivity contribution < 1.29 is 9.84 Å². The molecule has 1 aromatic rings. The molecule has 0 aliphatic carbocycles. The third-order valence-corrected chi connectivity index (χ3v) is 1.77. The first-order valence-corrected chi connectivity index (χ1v) is 3.96. The number of nitrogens with zero attached hydrogens (tertiary/aromatic N) is 2. The second-order valence-electron chi connectivity index (χ2n) is 2.71. The van der Waals surface area contributed by atoms with Crippen LogP contribution in [0.5, 0.6) is 5.88 Å². The lowest BCUT2D eigenvalue weighted by Gasteiger charge is -2.06. The highest BCUT2D eigenvalue weighted by Gasteiger charge is 2.08. The summed E-state index contributed by atoms with van der Waals surface area (Å²) in [5, 5.41) is 9.41. The lowest BCUT2D eigenvalue weighted by Crippen LogP contribution is -2.04. The minimum absolute atomic E-state index is 0.0537. The number of aryl methyl sites for hydroxylation is 1. The molecule has 0 spiro atoms. The lowest BCUT2D eigenvalue weighted by molar-refractivity contribution is 0.201. The van der Waals surface area contributed by atoms with Gasteiger partial charge >= 0.3 is 0 Å². The normalized spacial score (nSPS) is 10.3. The third kappa shape index (κ3) is 2.29. The van der Waals surface area contributed by atoms with Crippen LogP contribution in [0, 0.1) is 6.92 Å². The van der Waals surface area contributed by atoms with E-state index in [1.165, 1.54) is 0 Å². The maximum atomic E-state index is 9.41. The summed E-state index contributed by atoms with van der Waals surface area (Å²) in [5.41, 5.74) is 6.73. The van der Waals surface area contributed by atoms with Gasteiger partial charge in [-0.1, -0.05) is 0 Å². The summed E-state index contributed by atoms with van der Waals surface area (Å²) in [4.78, 5) is 7.59. The summed E-state index contributed by atoms with van der Waals surface area (Å²) in [6.07, 6.45) is 0.592. The molecule has 1 heterocycles. The van der Waals surface area contributed by atoms with Crippen LogP contribution in [-0.4, -0.2) is 28.8 Å². The first-order chi connectivity index (χ1) is 6.15. The molecule has 0 bridgehead atoms. The van der Waals surface area contributed by atoms with E-state index in [1.807, 2.05) is 0 Å². The van der Waals surface area contributed by atoms with Crippen LogP contribution in [0.2, 0.25) is 0 Å². The fraction of sp³-hybridized carbons (Fsp3) is 0.500. The highest BCUT2D eigenvalue weighted by Crippen LogP contribution is 2.18. The molecule has 0 atom stereocenters. The Balaban J connectivity index is 2.92. The fourth-order valence-corrected chi connectivity index (χ4v) is 1.10. The monoisotopic (exact) mass is 183 g/mol. The SMILES string of the molecule is COCCc1c(C)nc(N)nc1O. The number of hydrogen-bond donors (Lipinski definition) is 2. The van der Waals surface area contributed by atoms with E-state index in [-0.39, 0.29) is 11.8 Å². The van der Waals surface area contributed by atoms with E-state index >= 15 is 0 Å². The highest BCUT2D eigenvalue weighted by molar-refractivity contribution is 5.34. The first-order valence-electron chi connectivity index (χ1n) is 3.96. The molecule has 5 heteroatoms. The first kappa shape index (κ1) is 9.73. The van der Waals surface area contributed by atoms with Gasteiger partial charge in [-0.3, -0.25) is 0 Å². The van der Waals surface area contributed by atoms with Crippen LogP contribution in [0.3, 0.4) is 0 Å². The maximum absolute atomic E-state index is 9.41. The molecule has 0 saturated heterocycles. The van der Waals surface area contributed by atoms with Gasteiger partial charge in [0, 0.05) is 24.8 Å². The topological polar surface area (TPSA) is 81.3 Å². The molecule has 1 rings (SSSR count). The van der Waals surface area contributed by atoms with Gasteiger partial charge in [-0.25, -0.2) is 4.98 Å². The molecule has 13 heavy (non-hydrogen) atoms. The second-order valence-corrected chi connectivity index (χ2v) is 2.71. The maximum Gasteiger partial charge on any atom is 0.223 e. The van der Waals surface area contributed by atoms with E-state index in [0.717, 1.165) is 0 Å². The predicted octanol–water partition coefficient (Wildman–Crippen LogP) is 0.262. The molecule has 72 valence electrons. The van der Waals surface area contributed by atoms with Crippen LogP contribution >= 0.6 is 0 Å². The number of ether oxygens (including phenoxy) is 1. The van der Waals surface area contributed by atoms with E-state index in [0.29, 0.717) is 24.3 Å². The van der Waals surface area contributed by atoms with Crippen molar-refractivity contribution in [3.05, 3.63) is 11.3 Å². The Bertz CT molecular complexity index is 278. The van der Waals surface area contributed by atoms with Gasteiger partial charge in [0.05, 0.1) is 6.61 Å². The van der Waals surface area contributed by atoms with Crippen LogP contribution in [0.25, 0.3) is 0 Å². The summed E-state index contributed by atoms with van der Waals surface area (Å²) in [6.45, 7) is 2.31. The fourth-order valence-electron chi connectivity index (χ4n) is 1.10. The van der Waals surface area contributed by atoms with Gasteiger partial charge in [0.15, 0.2) is 0 Å². The van der Waals surface area contributed by atoms with E-state index < -0.39 is 0 Å². The number of aromatic hydroxyl groups is 1. The largest absolute Gasteiger partial charge is 0.493 e. The van der Waals surface area contributed by atoms with Gasteiger partial charge in [0.2, 0.25) is 11.8 Å². The molecule has 5 nitrogen and oxygen atoms in total. The number of hydrogen-bond acceptors (Lipinski definition) is 5. The van der Waals surface area contributed by atoms with Crippen LogP contribution in [0.15, 0.2) is 0 Å². The standard InChI is InChI=1S/C8H13N3O2/c1-5-6(3-4-13-2)7(12)11-8(9)10-5/h3-4H2,1-2H3,(H3,9,10,11,12). The molecule has 1 aromatic heterocycles. The number of aromatic nitrogens is 2. The lowest BCUT2D eigenvalue weighted by atomic mass is 10.2. The van der Waals surface area contributed by atoms with Crippen molar-refractivity contribution in [2.24, 2.45) is 0 Å². The quantitative estimate of drug-likeness (QED) is 0.702. The summed E-state index contributed by atoms with van der Waals surface area (Å²) in [7, 11) is 1.60. The summed E-state index contributed by atoms with van der Waals surface area (Å²) in [6, 6.07) is 0. The van der Waals surface area contributed by atoms with Crippen LogP contribution in [0.1, 0.15) is 11.3 Å². The van der Waals surface area contributed by atoms with Gasteiger partial charge in [-0.15, -0.1) is 0 Å². The molecule has 0 aliphatic heterocycles. The van der Waals surface area contributed by atoms with Crippen molar-refractivity contribution in [1.29, 1.82) is 0 Å². The van der Waals surface area contributed by atoms with Gasteiger partial charge in [-0.2, -0.15) is 4.98 Å². The molecular formula is C8H13N3O2. The molecule has 0 radical (unpaired) electrons. The number of methoxy groups -OCH3 is 1. The zero-order valence-corrected chi connectivity index (χ0v) is 7.74. The molecule has 0 aliphatic rings. The molecule has 0 saturated carbocycles. The summed E-state index contributed by atoms with van der Waals surface area (Å²) in [5.74, 6) is 0.0400. The Morgan fingerprint density at radius 3 is 2.69 bits per heavy atom. The van der Waals surface area contributed by atoms with E-state index in [1.54, 1.807) is 14.0 Å². The minimum Gasteiger partial charge on any atom is -0.493 e. The molecule has 0 aromatic carbocycles. The van der Waals surface area contributed by atoms with Gasteiger partial charge in [0.25, 0.3) is 0 Å². The van der Waals surface area contributed by atoms with Crippen LogP contribution in [-0.2, 0) is 11.2 Å². The summed E-state index contributed by atoms with van der Waals surface area (Å²) < 4.78 is 4.89. The minimum atomic E-state index is -0.0537. The average Bonchev–Trinajstić information content (AvgIpc) is 2.02. The Kier molecular flexibility index (Phi) is 3.02. The van der Waals surface area contributed by atoms with Crippen molar-refractivity contribution in [3.8, 4) is 5.88 Å². The van der Waals surface area contributed by atoms with Crippen molar-refractivity contribution in [2.75, 3.05) is 19.5 Å². The smallest absolute Gasteiger partial charge is 0.223 e. The van der Waals surface area contributed by atoms with Crippen LogP contribution < -0.4 is 5.73 Å². The summed E-state index contributed by atoms with van der Waals surface area (Å²) >= 11 is 0. The number of nitrogens with two attached hydrogens (primary N) is 1. The zero-order valence-electron chi connectivity index (χ0n) is 7.74. The average molecular weight is 183 g/mol. The molecule has 0 unspecified atom stereocenters. The van der Waals surface area contributed by atoms with E-state index in [2.05, 4.69) is 9.97 Å². The number of anilines is 1. The van der Waals surface area contributed by atoms with Crippen molar-refractivity contribution in [3.63, 3.8) is 0 Å². The molecule has 0 fully saturated rings. The molecule has 0 amide bonds. The second kappa shape index (κ2) is 4.04. The third-order valence-electron chi connectivity index (χ3n) is 1.77. The van der Waals surface area contributed by atoms with E-state index in [4.69, 9.17) is 10.5 Å². The van der Waals surface area contributed by atoms with Crippen LogP contribution in [0.4, 0.5) is 5.95 Å². The van der Waals surface area contributed by atoms with Crippen molar-refractivity contribution in [2.45, 2.75) is 13.3 Å². The predicted molar refractivity (Wildman–Crippen MR) is 48.4 cm³/mol.